The molecule has 1 aliphatic heterocycles. The van der Waals surface area contributed by atoms with Gasteiger partial charge in [-0.3, -0.25) is 9.69 Å². The summed E-state index contributed by atoms with van der Waals surface area (Å²) in [6.45, 7) is 3.71. The highest BCUT2D eigenvalue weighted by Gasteiger charge is 2.30. The molecule has 1 saturated heterocycles. The second kappa shape index (κ2) is 6.53. The third kappa shape index (κ3) is 3.93. The van der Waals surface area contributed by atoms with Crippen LogP contribution in [0.5, 0.6) is 0 Å². The number of hydrogen-bond acceptors (Lipinski definition) is 2. The zero-order chi connectivity index (χ0) is 13.7. The zero-order valence-electron chi connectivity index (χ0n) is 11.3. The van der Waals surface area contributed by atoms with E-state index in [1.54, 1.807) is 0 Å². The summed E-state index contributed by atoms with van der Waals surface area (Å²) < 4.78 is 0. The molecule has 3 heteroatoms. The predicted octanol–water partition coefficient (Wildman–Crippen LogP) is 2.88. The first-order valence-corrected chi connectivity index (χ1v) is 6.85. The summed E-state index contributed by atoms with van der Waals surface area (Å²) in [6, 6.07) is 9.76. The van der Waals surface area contributed by atoms with E-state index in [1.165, 1.54) is 0 Å². The van der Waals surface area contributed by atoms with E-state index in [9.17, 15) is 9.90 Å². The van der Waals surface area contributed by atoms with Crippen molar-refractivity contribution in [3.63, 3.8) is 0 Å². The van der Waals surface area contributed by atoms with Gasteiger partial charge in [-0.2, -0.15) is 0 Å². The lowest BCUT2D eigenvalue weighted by Gasteiger charge is -2.35. The fraction of sp³-hybridized carbons (Fsp3) is 0.438. The molecule has 1 aliphatic rings. The van der Waals surface area contributed by atoms with Crippen molar-refractivity contribution in [2.24, 2.45) is 5.92 Å². The molecule has 1 fully saturated rings. The molecule has 0 bridgehead atoms. The molecule has 0 aromatic heterocycles. The molecule has 3 nitrogen and oxygen atoms in total. The lowest BCUT2D eigenvalue weighted by Crippen LogP contribution is -2.46. The maximum Gasteiger partial charge on any atom is 0.320 e. The highest BCUT2D eigenvalue weighted by molar-refractivity contribution is 5.73. The van der Waals surface area contributed by atoms with Crippen LogP contribution in [0.25, 0.3) is 6.08 Å². The van der Waals surface area contributed by atoms with Gasteiger partial charge >= 0.3 is 5.97 Å². The molecule has 2 rings (SSSR count). The number of benzene rings is 1. The molecule has 19 heavy (non-hydrogen) atoms. The molecule has 1 N–H and O–H groups in total. The third-order valence-corrected chi connectivity index (χ3v) is 3.71. The standard InChI is InChI=1S/C16H21NO2/c1-13-9-11-17(15(12-13)16(18)19)10-5-8-14-6-3-2-4-7-14/h2-8,13,15H,9-12H2,1H3,(H,18,19)/b8-5+. The van der Waals surface area contributed by atoms with Gasteiger partial charge in [0.05, 0.1) is 0 Å². The minimum atomic E-state index is -0.695. The minimum Gasteiger partial charge on any atom is -0.480 e. The Labute approximate surface area is 114 Å². The van der Waals surface area contributed by atoms with Crippen molar-refractivity contribution in [3.8, 4) is 0 Å². The van der Waals surface area contributed by atoms with Gasteiger partial charge in [-0.15, -0.1) is 0 Å². The van der Waals surface area contributed by atoms with Crippen molar-refractivity contribution >= 4 is 12.0 Å². The van der Waals surface area contributed by atoms with E-state index in [0.717, 1.165) is 24.9 Å². The third-order valence-electron chi connectivity index (χ3n) is 3.71. The largest absolute Gasteiger partial charge is 0.480 e. The SMILES string of the molecule is CC1CCN(C/C=C/c2ccccc2)C(C(=O)O)C1. The number of likely N-dealkylation sites (tertiary alicyclic amines) is 1. The molecule has 1 aromatic carbocycles. The molecule has 0 saturated carbocycles. The van der Waals surface area contributed by atoms with Gasteiger partial charge in [0.1, 0.15) is 6.04 Å². The highest BCUT2D eigenvalue weighted by atomic mass is 16.4. The average Bonchev–Trinajstić information content (AvgIpc) is 2.41. The number of carboxylic acid groups (broad SMARTS) is 1. The lowest BCUT2D eigenvalue weighted by molar-refractivity contribution is -0.145. The second-order valence-corrected chi connectivity index (χ2v) is 5.29. The summed E-state index contributed by atoms with van der Waals surface area (Å²) >= 11 is 0. The van der Waals surface area contributed by atoms with Crippen molar-refractivity contribution in [1.82, 2.24) is 4.90 Å². The number of rotatable bonds is 4. The molecular formula is C16H21NO2. The Morgan fingerprint density at radius 3 is 2.84 bits per heavy atom. The first-order chi connectivity index (χ1) is 9.16. The van der Waals surface area contributed by atoms with E-state index >= 15 is 0 Å². The first-order valence-electron chi connectivity index (χ1n) is 6.85. The van der Waals surface area contributed by atoms with Crippen LogP contribution in [0.15, 0.2) is 36.4 Å². The van der Waals surface area contributed by atoms with E-state index in [2.05, 4.69) is 24.0 Å². The van der Waals surface area contributed by atoms with Gasteiger partial charge in [-0.05, 0) is 30.9 Å². The number of nitrogens with zero attached hydrogens (tertiary/aromatic N) is 1. The molecule has 0 aliphatic carbocycles. The fourth-order valence-electron chi connectivity index (χ4n) is 2.55. The van der Waals surface area contributed by atoms with Gasteiger partial charge < -0.3 is 5.11 Å². The van der Waals surface area contributed by atoms with E-state index < -0.39 is 5.97 Å². The Morgan fingerprint density at radius 2 is 2.16 bits per heavy atom. The second-order valence-electron chi connectivity index (χ2n) is 5.29. The Hall–Kier alpha value is -1.61. The number of hydrogen-bond donors (Lipinski definition) is 1. The van der Waals surface area contributed by atoms with Crippen LogP contribution >= 0.6 is 0 Å². The fourth-order valence-corrected chi connectivity index (χ4v) is 2.55. The number of carbonyl (C=O) groups is 1. The Morgan fingerprint density at radius 1 is 1.42 bits per heavy atom. The van der Waals surface area contributed by atoms with Crippen molar-refractivity contribution in [1.29, 1.82) is 0 Å². The van der Waals surface area contributed by atoms with E-state index in [4.69, 9.17) is 0 Å². The highest BCUT2D eigenvalue weighted by Crippen LogP contribution is 2.22. The average molecular weight is 259 g/mol. The van der Waals surface area contributed by atoms with E-state index in [-0.39, 0.29) is 6.04 Å². The predicted molar refractivity (Wildman–Crippen MR) is 76.9 cm³/mol. The van der Waals surface area contributed by atoms with Gasteiger partial charge in [-0.25, -0.2) is 0 Å². The van der Waals surface area contributed by atoms with Crippen LogP contribution in [0.4, 0.5) is 0 Å². The molecule has 102 valence electrons. The normalized spacial score (nSPS) is 24.7. The number of carboxylic acids is 1. The quantitative estimate of drug-likeness (QED) is 0.904. The van der Waals surface area contributed by atoms with E-state index in [1.807, 2.05) is 30.3 Å². The molecule has 2 unspecified atom stereocenters. The Balaban J connectivity index is 1.94. The van der Waals surface area contributed by atoms with Crippen LogP contribution in [0.3, 0.4) is 0 Å². The van der Waals surface area contributed by atoms with Crippen LogP contribution in [-0.4, -0.2) is 35.1 Å². The maximum atomic E-state index is 11.3. The van der Waals surface area contributed by atoms with Crippen LogP contribution in [0.1, 0.15) is 25.3 Å². The molecule has 0 amide bonds. The van der Waals surface area contributed by atoms with Gasteiger partial charge in [0.15, 0.2) is 0 Å². The monoisotopic (exact) mass is 259 g/mol. The molecule has 1 heterocycles. The summed E-state index contributed by atoms with van der Waals surface area (Å²) in [4.78, 5) is 13.3. The van der Waals surface area contributed by atoms with Crippen LogP contribution < -0.4 is 0 Å². The summed E-state index contributed by atoms with van der Waals surface area (Å²) in [5.74, 6) is -0.185. The zero-order valence-corrected chi connectivity index (χ0v) is 11.3. The van der Waals surface area contributed by atoms with E-state index in [0.29, 0.717) is 12.5 Å². The number of aliphatic carboxylic acids is 1. The smallest absolute Gasteiger partial charge is 0.320 e. The Bertz CT molecular complexity index is 441. The van der Waals surface area contributed by atoms with Crippen LogP contribution in [-0.2, 0) is 4.79 Å². The number of piperidine rings is 1. The van der Waals surface area contributed by atoms with Crippen molar-refractivity contribution < 1.29 is 9.90 Å². The molecule has 0 radical (unpaired) electrons. The topological polar surface area (TPSA) is 40.5 Å². The van der Waals surface area contributed by atoms with Gasteiger partial charge in [0, 0.05) is 6.54 Å². The minimum absolute atomic E-state index is 0.329. The van der Waals surface area contributed by atoms with Crippen LogP contribution in [0.2, 0.25) is 0 Å². The van der Waals surface area contributed by atoms with Crippen molar-refractivity contribution in [3.05, 3.63) is 42.0 Å². The van der Waals surface area contributed by atoms with Gasteiger partial charge in [0.25, 0.3) is 0 Å². The summed E-state index contributed by atoms with van der Waals surface area (Å²) in [5, 5.41) is 9.28. The van der Waals surface area contributed by atoms with Gasteiger partial charge in [0.2, 0.25) is 0 Å². The summed E-state index contributed by atoms with van der Waals surface area (Å²) in [5.41, 5.74) is 1.15. The summed E-state index contributed by atoms with van der Waals surface area (Å²) in [7, 11) is 0. The first kappa shape index (κ1) is 13.8. The van der Waals surface area contributed by atoms with Gasteiger partial charge in [-0.1, -0.05) is 49.4 Å². The molecule has 0 spiro atoms. The lowest BCUT2D eigenvalue weighted by atomic mass is 9.92. The summed E-state index contributed by atoms with van der Waals surface area (Å²) in [6.07, 6.45) is 5.95. The maximum absolute atomic E-state index is 11.3. The van der Waals surface area contributed by atoms with Crippen molar-refractivity contribution in [2.75, 3.05) is 13.1 Å². The molecular weight excluding hydrogens is 238 g/mol. The van der Waals surface area contributed by atoms with Crippen molar-refractivity contribution in [2.45, 2.75) is 25.8 Å². The molecule has 2 atom stereocenters. The Kier molecular flexibility index (Phi) is 4.74. The molecule has 1 aromatic rings. The van der Waals surface area contributed by atoms with Crippen LogP contribution in [0, 0.1) is 5.92 Å².